The van der Waals surface area contributed by atoms with Crippen molar-refractivity contribution < 1.29 is 17.0 Å². The molecule has 0 bridgehead atoms. The molecule has 0 N–H and O–H groups in total. The number of fused-ring (bicyclic) bond motifs is 6. The average molecular weight is 700 g/mol. The van der Waals surface area contributed by atoms with Gasteiger partial charge in [0.15, 0.2) is 0 Å². The second-order valence-corrected chi connectivity index (χ2v) is 21.0. The van der Waals surface area contributed by atoms with Crippen LogP contribution in [-0.2, 0) is 17.0 Å². The molecule has 6 heteroatoms. The molecule has 46 heavy (non-hydrogen) atoms. The number of halogens is 2. The molecule has 7 atom stereocenters. The van der Waals surface area contributed by atoms with E-state index in [9.17, 15) is 0 Å². The summed E-state index contributed by atoms with van der Waals surface area (Å²) in [5, 5.41) is 11.1. The molecule has 8 rings (SSSR count). The summed E-state index contributed by atoms with van der Waals surface area (Å²) in [5.41, 5.74) is 3.40. The first-order chi connectivity index (χ1) is 21.9. The fourth-order valence-corrected chi connectivity index (χ4v) is 14.3. The summed E-state index contributed by atoms with van der Waals surface area (Å²) in [6.07, 6.45) is 26.7. The summed E-state index contributed by atoms with van der Waals surface area (Å²) in [6.45, 7) is 10.1. The normalized spacial score (nSPS) is 30.8. The van der Waals surface area contributed by atoms with Gasteiger partial charge >= 0.3 is 35.6 Å². The summed E-state index contributed by atoms with van der Waals surface area (Å²) in [7, 11) is 7.74. The fraction of sp³-hybridized carbons (Fsp3) is 0.325. The third-order valence-electron chi connectivity index (χ3n) is 11.0. The second kappa shape index (κ2) is 13.9. The SMILES string of the molecule is CC(C)[C@H]1[N-]C2C(c3c4ccccc4cc4ccccc34)=CC=C[C@H]2N1[Si](C)(C)C1C2C=CC=CC2C2C=CC=CC21.[CH3-].[Cl][Ti][Cl]. The van der Waals surface area contributed by atoms with Crippen molar-refractivity contribution in [1.82, 2.24) is 4.57 Å². The zero-order chi connectivity index (χ0) is 31.3. The third kappa shape index (κ3) is 5.64. The van der Waals surface area contributed by atoms with Gasteiger partial charge in [0.1, 0.15) is 8.24 Å². The van der Waals surface area contributed by atoms with Crippen molar-refractivity contribution in [1.29, 1.82) is 0 Å². The summed E-state index contributed by atoms with van der Waals surface area (Å²) in [5.74, 6) is 2.85. The molecular formula is C40H44Cl2N2SiTi-2. The molecule has 238 valence electrons. The maximum atomic E-state index is 5.79. The van der Waals surface area contributed by atoms with E-state index < -0.39 is 25.3 Å². The van der Waals surface area contributed by atoms with Crippen LogP contribution in [0.1, 0.15) is 19.4 Å². The van der Waals surface area contributed by atoms with Crippen LogP contribution in [0.25, 0.3) is 32.4 Å². The molecule has 0 radical (unpaired) electrons. The maximum absolute atomic E-state index is 5.79. The Morgan fingerprint density at radius 2 is 1.24 bits per heavy atom. The van der Waals surface area contributed by atoms with E-state index in [2.05, 4.69) is 153 Å². The van der Waals surface area contributed by atoms with E-state index in [1.807, 2.05) is 0 Å². The van der Waals surface area contributed by atoms with Crippen LogP contribution in [0.15, 0.2) is 121 Å². The van der Waals surface area contributed by atoms with Crippen LogP contribution in [-0.4, -0.2) is 31.1 Å². The van der Waals surface area contributed by atoms with Crippen molar-refractivity contribution in [3.8, 4) is 0 Å². The molecule has 5 aliphatic rings. The molecule has 1 aliphatic heterocycles. The number of rotatable bonds is 4. The molecule has 3 aromatic carbocycles. The number of allylic oxidation sites excluding steroid dienone is 10. The van der Waals surface area contributed by atoms with Gasteiger partial charge in [-0.1, -0.05) is 166 Å². The van der Waals surface area contributed by atoms with E-state index >= 15 is 0 Å². The van der Waals surface area contributed by atoms with Crippen LogP contribution in [0.5, 0.6) is 0 Å². The van der Waals surface area contributed by atoms with E-state index in [0.717, 1.165) is 0 Å². The minimum absolute atomic E-state index is 0. The molecule has 2 fully saturated rings. The molecule has 4 aliphatic carbocycles. The van der Waals surface area contributed by atoms with Crippen LogP contribution >= 0.6 is 18.6 Å². The number of benzene rings is 3. The molecule has 5 unspecified atom stereocenters. The van der Waals surface area contributed by atoms with E-state index in [1.54, 1.807) is 0 Å². The van der Waals surface area contributed by atoms with Gasteiger partial charge < -0.3 is 17.3 Å². The predicted octanol–water partition coefficient (Wildman–Crippen LogP) is 11.5. The molecule has 1 saturated heterocycles. The molecule has 2 nitrogen and oxygen atoms in total. The summed E-state index contributed by atoms with van der Waals surface area (Å²) >= 11 is -0.556. The topological polar surface area (TPSA) is 17.3 Å². The van der Waals surface area contributed by atoms with Gasteiger partial charge in [-0.3, -0.25) is 0 Å². The molecular weight excluding hydrogens is 655 g/mol. The second-order valence-electron chi connectivity index (χ2n) is 14.0. The summed E-state index contributed by atoms with van der Waals surface area (Å²) < 4.78 is 2.97. The van der Waals surface area contributed by atoms with Crippen molar-refractivity contribution >= 4 is 54.0 Å². The first-order valence-corrected chi connectivity index (χ1v) is 23.6. The van der Waals surface area contributed by atoms with E-state index in [4.69, 9.17) is 23.9 Å². The van der Waals surface area contributed by atoms with Gasteiger partial charge in [-0.2, -0.15) is 0 Å². The molecule has 1 heterocycles. The predicted molar refractivity (Wildman–Crippen MR) is 200 cm³/mol. The number of nitrogens with zero attached hydrogens (tertiary/aromatic N) is 2. The van der Waals surface area contributed by atoms with Crippen LogP contribution in [0.2, 0.25) is 18.6 Å². The summed E-state index contributed by atoms with van der Waals surface area (Å²) in [4.78, 5) is 0. The van der Waals surface area contributed by atoms with Crippen molar-refractivity contribution in [3.63, 3.8) is 0 Å². The van der Waals surface area contributed by atoms with Crippen molar-refractivity contribution in [2.45, 2.75) is 50.7 Å². The van der Waals surface area contributed by atoms with Crippen LogP contribution in [0, 0.1) is 37.0 Å². The molecule has 0 amide bonds. The van der Waals surface area contributed by atoms with Crippen LogP contribution in [0.4, 0.5) is 0 Å². The van der Waals surface area contributed by atoms with E-state index in [-0.39, 0.29) is 19.6 Å². The molecule has 1 saturated carbocycles. The van der Waals surface area contributed by atoms with Gasteiger partial charge in [-0.25, -0.2) is 0 Å². The Kier molecular flexibility index (Phi) is 10.2. The van der Waals surface area contributed by atoms with Gasteiger partial charge in [-0.05, 0) is 62.4 Å². The standard InChI is InChI=1S/C39H41N2Si.CH3.2ClH.Ti/c1-25(2)39-40-37-34(36-28-16-7-5-14-26(28)24-27-15-6-8-17-29(27)36)22-13-23-35(37)41(39)42(3,4)38-32-20-11-9-18-30(32)31-19-10-12-21-33(31)38;;;;/h5-25,30-33,35,37-39H,1-4H3;1H3;2*1H;/q2*-1;;;+2/p-2/t30?,31?,32?,33?,35-,37?,38?,39+;;;;/m1..../s1. The monoisotopic (exact) mass is 698 g/mol. The third-order valence-corrected chi connectivity index (χ3v) is 15.3. The zero-order valence-corrected chi connectivity index (χ0v) is 31.5. The summed E-state index contributed by atoms with van der Waals surface area (Å²) in [6, 6.07) is 20.6. The van der Waals surface area contributed by atoms with Crippen molar-refractivity contribution in [2.75, 3.05) is 0 Å². The van der Waals surface area contributed by atoms with Gasteiger partial charge in [-0.15, -0.1) is 0 Å². The molecule has 0 aromatic heterocycles. The van der Waals surface area contributed by atoms with E-state index in [1.165, 1.54) is 32.7 Å². The Labute approximate surface area is 293 Å². The first kappa shape index (κ1) is 33.9. The Hall–Kier alpha value is -1.95. The minimum atomic E-state index is -2.03. The van der Waals surface area contributed by atoms with Crippen molar-refractivity contribution in [2.24, 2.45) is 29.6 Å². The molecule has 3 aromatic rings. The Morgan fingerprint density at radius 1 is 0.739 bits per heavy atom. The van der Waals surface area contributed by atoms with Crippen LogP contribution < -0.4 is 0 Å². The Morgan fingerprint density at radius 3 is 1.76 bits per heavy atom. The fourth-order valence-electron chi connectivity index (χ4n) is 9.40. The quantitative estimate of drug-likeness (QED) is 0.151. The van der Waals surface area contributed by atoms with Crippen LogP contribution in [0.3, 0.4) is 0 Å². The first-order valence-electron chi connectivity index (χ1n) is 16.3. The van der Waals surface area contributed by atoms with Gasteiger partial charge in [0.25, 0.3) is 0 Å². The van der Waals surface area contributed by atoms with Gasteiger partial charge in [0.2, 0.25) is 0 Å². The zero-order valence-electron chi connectivity index (χ0n) is 27.4. The van der Waals surface area contributed by atoms with Crippen molar-refractivity contribution in [3.05, 3.63) is 140 Å². The molecule has 0 spiro atoms. The number of hydrogen-bond donors (Lipinski definition) is 0. The average Bonchev–Trinajstić information content (AvgIpc) is 3.62. The Balaban J connectivity index is 0.000000896. The van der Waals surface area contributed by atoms with Gasteiger partial charge in [0.05, 0.1) is 0 Å². The van der Waals surface area contributed by atoms with E-state index in [0.29, 0.717) is 41.2 Å². The van der Waals surface area contributed by atoms with Gasteiger partial charge in [0, 0.05) is 6.04 Å². The Bertz CT molecular complexity index is 1680. The number of hydrogen-bond acceptors (Lipinski definition) is 1.